The predicted molar refractivity (Wildman–Crippen MR) is 111 cm³/mol. The molecule has 0 unspecified atom stereocenters. The number of benzene rings is 3. The Labute approximate surface area is 157 Å². The first-order chi connectivity index (χ1) is 12.6. The van der Waals surface area contributed by atoms with Crippen LogP contribution >= 0.6 is 0 Å². The molecule has 0 aromatic heterocycles. The molecule has 0 radical (unpaired) electrons. The van der Waals surface area contributed by atoms with Crippen molar-refractivity contribution in [2.24, 2.45) is 0 Å². The molecule has 0 aliphatic rings. The van der Waals surface area contributed by atoms with Gasteiger partial charge in [-0.1, -0.05) is 72.8 Å². The zero-order valence-corrected chi connectivity index (χ0v) is 15.9. The number of nitrogens with one attached hydrogen (secondary N) is 1. The molecule has 0 spiro atoms. The van der Waals surface area contributed by atoms with Crippen molar-refractivity contribution in [2.75, 3.05) is 12.4 Å². The van der Waals surface area contributed by atoms with E-state index in [2.05, 4.69) is 110 Å². The summed E-state index contributed by atoms with van der Waals surface area (Å²) < 4.78 is 0. The molecule has 0 aliphatic heterocycles. The minimum atomic E-state index is 0.355. The van der Waals surface area contributed by atoms with Crippen molar-refractivity contribution in [2.45, 2.75) is 33.0 Å². The third-order valence-electron chi connectivity index (χ3n) is 5.01. The Morgan fingerprint density at radius 3 is 2.12 bits per heavy atom. The van der Waals surface area contributed by atoms with Crippen molar-refractivity contribution in [3.8, 4) is 0 Å². The molecule has 134 valence electrons. The van der Waals surface area contributed by atoms with Gasteiger partial charge in [-0.2, -0.15) is 0 Å². The van der Waals surface area contributed by atoms with Gasteiger partial charge in [-0.15, -0.1) is 0 Å². The summed E-state index contributed by atoms with van der Waals surface area (Å²) in [6.45, 7) is 6.23. The summed E-state index contributed by atoms with van der Waals surface area (Å²) in [7, 11) is 2.19. The van der Waals surface area contributed by atoms with Gasteiger partial charge in [-0.05, 0) is 49.2 Å². The minimum Gasteiger partial charge on any atom is -0.381 e. The fourth-order valence-corrected chi connectivity index (χ4v) is 3.15. The quantitative estimate of drug-likeness (QED) is 0.582. The summed E-state index contributed by atoms with van der Waals surface area (Å²) >= 11 is 0. The maximum absolute atomic E-state index is 3.59. The fraction of sp³-hybridized carbons (Fsp3) is 0.250. The zero-order valence-electron chi connectivity index (χ0n) is 15.9. The van der Waals surface area contributed by atoms with Crippen LogP contribution in [0.25, 0.3) is 0 Å². The largest absolute Gasteiger partial charge is 0.381 e. The van der Waals surface area contributed by atoms with Crippen molar-refractivity contribution in [3.05, 3.63) is 101 Å². The second-order valence-corrected chi connectivity index (χ2v) is 6.99. The van der Waals surface area contributed by atoms with E-state index in [1.165, 1.54) is 27.9 Å². The van der Waals surface area contributed by atoms with Crippen molar-refractivity contribution < 1.29 is 0 Å². The summed E-state index contributed by atoms with van der Waals surface area (Å²) in [4.78, 5) is 2.39. The SMILES string of the molecule is Cc1ccc([C@H](C)N(C)Cc2ccccc2)cc1NCc1ccccc1. The Kier molecular flexibility index (Phi) is 6.08. The van der Waals surface area contributed by atoms with E-state index in [9.17, 15) is 0 Å². The molecular weight excluding hydrogens is 316 g/mol. The molecule has 3 rings (SSSR count). The van der Waals surface area contributed by atoms with Crippen LogP contribution in [-0.2, 0) is 13.1 Å². The number of hydrogen-bond acceptors (Lipinski definition) is 2. The van der Waals surface area contributed by atoms with Crippen LogP contribution in [-0.4, -0.2) is 11.9 Å². The lowest BCUT2D eigenvalue weighted by molar-refractivity contribution is 0.253. The van der Waals surface area contributed by atoms with Gasteiger partial charge in [0.15, 0.2) is 0 Å². The molecule has 1 atom stereocenters. The Morgan fingerprint density at radius 2 is 1.46 bits per heavy atom. The standard InChI is InChI=1S/C24H28N2/c1-19-14-15-23(16-24(19)25-17-21-10-6-4-7-11-21)20(2)26(3)18-22-12-8-5-9-13-22/h4-16,20,25H,17-18H2,1-3H3/t20-/m0/s1. The van der Waals surface area contributed by atoms with Crippen molar-refractivity contribution in [3.63, 3.8) is 0 Å². The number of hydrogen-bond donors (Lipinski definition) is 1. The molecule has 0 saturated heterocycles. The Morgan fingerprint density at radius 1 is 0.846 bits per heavy atom. The van der Waals surface area contributed by atoms with Gasteiger partial charge in [0, 0.05) is 24.8 Å². The monoisotopic (exact) mass is 344 g/mol. The zero-order chi connectivity index (χ0) is 18.4. The number of rotatable bonds is 7. The Hall–Kier alpha value is -2.58. The predicted octanol–water partition coefficient (Wildman–Crippen LogP) is 5.80. The van der Waals surface area contributed by atoms with Crippen molar-refractivity contribution in [1.82, 2.24) is 4.90 Å². The van der Waals surface area contributed by atoms with Gasteiger partial charge in [0.2, 0.25) is 0 Å². The molecule has 0 heterocycles. The summed E-state index contributed by atoms with van der Waals surface area (Å²) in [5.74, 6) is 0. The highest BCUT2D eigenvalue weighted by Gasteiger charge is 2.13. The van der Waals surface area contributed by atoms with Crippen LogP contribution in [0.4, 0.5) is 5.69 Å². The van der Waals surface area contributed by atoms with Crippen LogP contribution in [0, 0.1) is 6.92 Å². The molecule has 1 N–H and O–H groups in total. The first-order valence-corrected chi connectivity index (χ1v) is 9.26. The molecule has 26 heavy (non-hydrogen) atoms. The first kappa shape index (κ1) is 18.2. The van der Waals surface area contributed by atoms with Crippen LogP contribution in [0.5, 0.6) is 0 Å². The average Bonchev–Trinajstić information content (AvgIpc) is 2.68. The van der Waals surface area contributed by atoms with E-state index >= 15 is 0 Å². The normalized spacial score (nSPS) is 12.2. The number of aryl methyl sites for hydroxylation is 1. The van der Waals surface area contributed by atoms with Gasteiger partial charge in [0.25, 0.3) is 0 Å². The molecule has 2 nitrogen and oxygen atoms in total. The van der Waals surface area contributed by atoms with E-state index in [0.717, 1.165) is 13.1 Å². The van der Waals surface area contributed by atoms with Crippen molar-refractivity contribution in [1.29, 1.82) is 0 Å². The number of nitrogens with zero attached hydrogens (tertiary/aromatic N) is 1. The smallest absolute Gasteiger partial charge is 0.0400 e. The molecule has 2 heteroatoms. The summed E-state index contributed by atoms with van der Waals surface area (Å²) in [6.07, 6.45) is 0. The maximum atomic E-state index is 3.59. The minimum absolute atomic E-state index is 0.355. The van der Waals surface area contributed by atoms with Crippen LogP contribution in [0.15, 0.2) is 78.9 Å². The molecule has 3 aromatic rings. The average molecular weight is 345 g/mol. The van der Waals surface area contributed by atoms with E-state index in [-0.39, 0.29) is 0 Å². The van der Waals surface area contributed by atoms with Crippen LogP contribution < -0.4 is 5.32 Å². The topological polar surface area (TPSA) is 15.3 Å². The van der Waals surface area contributed by atoms with E-state index < -0.39 is 0 Å². The Balaban J connectivity index is 1.69. The van der Waals surface area contributed by atoms with Crippen LogP contribution in [0.3, 0.4) is 0 Å². The van der Waals surface area contributed by atoms with E-state index in [0.29, 0.717) is 6.04 Å². The molecular formula is C24H28N2. The third-order valence-corrected chi connectivity index (χ3v) is 5.01. The highest BCUT2D eigenvalue weighted by molar-refractivity contribution is 5.53. The summed E-state index contributed by atoms with van der Waals surface area (Å²) in [5.41, 5.74) is 6.47. The third kappa shape index (κ3) is 4.74. The van der Waals surface area contributed by atoms with Crippen LogP contribution in [0.2, 0.25) is 0 Å². The van der Waals surface area contributed by atoms with E-state index in [4.69, 9.17) is 0 Å². The van der Waals surface area contributed by atoms with Gasteiger partial charge in [0.1, 0.15) is 0 Å². The lowest BCUT2D eigenvalue weighted by Gasteiger charge is -2.26. The maximum Gasteiger partial charge on any atom is 0.0400 e. The Bertz CT molecular complexity index is 812. The first-order valence-electron chi connectivity index (χ1n) is 9.26. The highest BCUT2D eigenvalue weighted by Crippen LogP contribution is 2.26. The van der Waals surface area contributed by atoms with E-state index in [1.807, 2.05) is 0 Å². The molecule has 0 amide bonds. The molecule has 0 bridgehead atoms. The molecule has 0 saturated carbocycles. The second-order valence-electron chi connectivity index (χ2n) is 6.99. The van der Waals surface area contributed by atoms with Gasteiger partial charge in [-0.25, -0.2) is 0 Å². The van der Waals surface area contributed by atoms with Crippen LogP contribution in [0.1, 0.15) is 35.2 Å². The fourth-order valence-electron chi connectivity index (χ4n) is 3.15. The summed E-state index contributed by atoms with van der Waals surface area (Å²) in [6, 6.07) is 28.3. The van der Waals surface area contributed by atoms with Gasteiger partial charge < -0.3 is 5.32 Å². The van der Waals surface area contributed by atoms with Crippen molar-refractivity contribution >= 4 is 5.69 Å². The van der Waals surface area contributed by atoms with Gasteiger partial charge in [-0.3, -0.25) is 4.90 Å². The second kappa shape index (κ2) is 8.68. The summed E-state index contributed by atoms with van der Waals surface area (Å²) in [5, 5.41) is 3.59. The lowest BCUT2D eigenvalue weighted by atomic mass is 10.0. The molecule has 3 aromatic carbocycles. The van der Waals surface area contributed by atoms with Gasteiger partial charge in [0.05, 0.1) is 0 Å². The molecule has 0 aliphatic carbocycles. The van der Waals surface area contributed by atoms with Gasteiger partial charge >= 0.3 is 0 Å². The number of anilines is 1. The van der Waals surface area contributed by atoms with E-state index in [1.54, 1.807) is 0 Å². The lowest BCUT2D eigenvalue weighted by Crippen LogP contribution is -2.22. The highest BCUT2D eigenvalue weighted by atomic mass is 15.1. The molecule has 0 fully saturated rings.